The Labute approximate surface area is 245 Å². The zero-order valence-electron chi connectivity index (χ0n) is 22.9. The van der Waals surface area contributed by atoms with Gasteiger partial charge in [0.25, 0.3) is 5.91 Å². The van der Waals surface area contributed by atoms with Gasteiger partial charge in [0.15, 0.2) is 11.5 Å². The van der Waals surface area contributed by atoms with Gasteiger partial charge in [-0.15, -0.1) is 0 Å². The standard InChI is InChI=1S/C34H32ClN3O3/c35-26-10-5-23(6-11-26)7-12-27-20-30(34(39)38-17-3-4-28(38)21-37-15-1-2-16-37)29-18-24(8-13-31(29)36-27)25-9-14-32-33(19-25)41-22-40-32/h5-14,18-20,28H,1-4,15-17,21-22H2/b12-7+/t28-/m0/s1. The molecule has 0 spiro atoms. The largest absolute Gasteiger partial charge is 0.454 e. The number of nitrogens with zero attached hydrogens (tertiary/aromatic N) is 3. The normalized spacial score (nSPS) is 18.7. The van der Waals surface area contributed by atoms with E-state index in [4.69, 9.17) is 26.1 Å². The van der Waals surface area contributed by atoms with Crippen molar-refractivity contribution in [3.8, 4) is 22.6 Å². The molecule has 0 radical (unpaired) electrons. The summed E-state index contributed by atoms with van der Waals surface area (Å²) in [6.45, 7) is 4.25. The van der Waals surface area contributed by atoms with Gasteiger partial charge in [-0.25, -0.2) is 4.98 Å². The lowest BCUT2D eigenvalue weighted by Crippen LogP contribution is -2.42. The first-order valence-corrected chi connectivity index (χ1v) is 14.8. The van der Waals surface area contributed by atoms with Gasteiger partial charge in [0.1, 0.15) is 0 Å². The number of ether oxygens (including phenoxy) is 2. The van der Waals surface area contributed by atoms with Gasteiger partial charge >= 0.3 is 0 Å². The van der Waals surface area contributed by atoms with Crippen LogP contribution in [0.1, 0.15) is 47.3 Å². The maximum Gasteiger partial charge on any atom is 0.254 e. The van der Waals surface area contributed by atoms with Crippen LogP contribution in [0.15, 0.2) is 66.7 Å². The van der Waals surface area contributed by atoms with Gasteiger partial charge in [0.2, 0.25) is 6.79 Å². The Balaban J connectivity index is 1.28. The molecule has 0 unspecified atom stereocenters. The molecule has 3 aliphatic heterocycles. The summed E-state index contributed by atoms with van der Waals surface area (Å²) in [5, 5.41) is 1.56. The lowest BCUT2D eigenvalue weighted by atomic mass is 9.99. The molecule has 2 fully saturated rings. The van der Waals surface area contributed by atoms with E-state index in [0.29, 0.717) is 10.6 Å². The van der Waals surface area contributed by atoms with E-state index in [0.717, 1.165) is 83.8 Å². The maximum absolute atomic E-state index is 14.3. The number of rotatable bonds is 6. The van der Waals surface area contributed by atoms with Crippen molar-refractivity contribution in [1.82, 2.24) is 14.8 Å². The smallest absolute Gasteiger partial charge is 0.254 e. The van der Waals surface area contributed by atoms with Gasteiger partial charge in [0.05, 0.1) is 16.8 Å². The lowest BCUT2D eigenvalue weighted by Gasteiger charge is -2.29. The predicted molar refractivity (Wildman–Crippen MR) is 163 cm³/mol. The Kier molecular flexibility index (Phi) is 7.11. The second-order valence-corrected chi connectivity index (χ2v) is 11.5. The quantitative estimate of drug-likeness (QED) is 0.248. The van der Waals surface area contributed by atoms with E-state index in [-0.39, 0.29) is 18.7 Å². The molecule has 0 N–H and O–H groups in total. The molecule has 0 bridgehead atoms. The Hall–Kier alpha value is -3.87. The third-order valence-electron chi connectivity index (χ3n) is 8.39. The highest BCUT2D eigenvalue weighted by molar-refractivity contribution is 6.30. The number of benzene rings is 3. The van der Waals surface area contributed by atoms with Gasteiger partial charge < -0.3 is 19.3 Å². The van der Waals surface area contributed by atoms with Crippen LogP contribution in [0.3, 0.4) is 0 Å². The van der Waals surface area contributed by atoms with Crippen molar-refractivity contribution in [3.05, 3.63) is 88.6 Å². The third kappa shape index (κ3) is 5.42. The first-order valence-electron chi connectivity index (χ1n) is 14.4. The molecule has 3 aliphatic rings. The molecular formula is C34H32ClN3O3. The molecule has 7 heteroatoms. The highest BCUT2D eigenvalue weighted by atomic mass is 35.5. The van der Waals surface area contributed by atoms with E-state index in [9.17, 15) is 4.79 Å². The van der Waals surface area contributed by atoms with Crippen LogP contribution < -0.4 is 9.47 Å². The van der Waals surface area contributed by atoms with Crippen LogP contribution in [0.25, 0.3) is 34.2 Å². The Bertz CT molecular complexity index is 1630. The van der Waals surface area contributed by atoms with Crippen LogP contribution in [0, 0.1) is 0 Å². The molecule has 4 aromatic rings. The average Bonchev–Trinajstić information content (AvgIpc) is 3.78. The zero-order chi connectivity index (χ0) is 27.8. The Morgan fingerprint density at radius 1 is 0.878 bits per heavy atom. The summed E-state index contributed by atoms with van der Waals surface area (Å²) in [4.78, 5) is 23.9. The van der Waals surface area contributed by atoms with E-state index in [2.05, 4.69) is 21.9 Å². The van der Waals surface area contributed by atoms with Crippen molar-refractivity contribution in [2.75, 3.05) is 33.0 Å². The van der Waals surface area contributed by atoms with Gasteiger partial charge in [-0.1, -0.05) is 41.9 Å². The minimum Gasteiger partial charge on any atom is -0.454 e. The van der Waals surface area contributed by atoms with Crippen molar-refractivity contribution in [1.29, 1.82) is 0 Å². The number of fused-ring (bicyclic) bond motifs is 2. The summed E-state index contributed by atoms with van der Waals surface area (Å²) >= 11 is 6.07. The van der Waals surface area contributed by atoms with Gasteiger partial charge in [-0.2, -0.15) is 0 Å². The SMILES string of the molecule is O=C(c1cc(/C=C/c2ccc(Cl)cc2)nc2ccc(-c3ccc4c(c3)OCO4)cc12)N1CCC[C@H]1CN1CCCC1. The van der Waals surface area contributed by atoms with Gasteiger partial charge in [0, 0.05) is 29.5 Å². The van der Waals surface area contributed by atoms with Crippen LogP contribution in [-0.4, -0.2) is 59.7 Å². The summed E-state index contributed by atoms with van der Waals surface area (Å²) in [5.74, 6) is 1.58. The van der Waals surface area contributed by atoms with E-state index in [1.807, 2.05) is 66.7 Å². The second kappa shape index (κ2) is 11.2. The molecule has 3 aromatic carbocycles. The molecule has 0 aliphatic carbocycles. The summed E-state index contributed by atoms with van der Waals surface area (Å²) in [7, 11) is 0. The van der Waals surface area contributed by atoms with Crippen molar-refractivity contribution in [2.45, 2.75) is 31.7 Å². The van der Waals surface area contributed by atoms with Crippen LogP contribution in [0.5, 0.6) is 11.5 Å². The number of amides is 1. The van der Waals surface area contributed by atoms with Crippen LogP contribution in [-0.2, 0) is 0 Å². The van der Waals surface area contributed by atoms with Crippen LogP contribution >= 0.6 is 11.6 Å². The second-order valence-electron chi connectivity index (χ2n) is 11.1. The molecule has 0 saturated carbocycles. The summed E-state index contributed by atoms with van der Waals surface area (Å²) < 4.78 is 11.1. The molecule has 1 amide bonds. The van der Waals surface area contributed by atoms with Crippen molar-refractivity contribution in [3.63, 3.8) is 0 Å². The van der Waals surface area contributed by atoms with E-state index in [1.165, 1.54) is 12.8 Å². The number of pyridine rings is 1. The van der Waals surface area contributed by atoms with Gasteiger partial charge in [-0.3, -0.25) is 4.79 Å². The molecule has 208 valence electrons. The van der Waals surface area contributed by atoms with Crippen molar-refractivity contribution >= 4 is 40.6 Å². The number of hydrogen-bond donors (Lipinski definition) is 0. The van der Waals surface area contributed by atoms with E-state index >= 15 is 0 Å². The number of carbonyl (C=O) groups is 1. The number of carbonyl (C=O) groups excluding carboxylic acids is 1. The molecule has 6 nitrogen and oxygen atoms in total. The molecular weight excluding hydrogens is 534 g/mol. The average molecular weight is 566 g/mol. The van der Waals surface area contributed by atoms with Crippen LogP contribution in [0.4, 0.5) is 0 Å². The minimum atomic E-state index is 0.0862. The highest BCUT2D eigenvalue weighted by Gasteiger charge is 2.32. The molecule has 2 saturated heterocycles. The number of likely N-dealkylation sites (tertiary alicyclic amines) is 2. The fraction of sp³-hybridized carbons (Fsp3) is 0.294. The third-order valence-corrected chi connectivity index (χ3v) is 8.64. The first-order chi connectivity index (χ1) is 20.1. The zero-order valence-corrected chi connectivity index (χ0v) is 23.6. The number of aromatic nitrogens is 1. The Morgan fingerprint density at radius 2 is 1.66 bits per heavy atom. The minimum absolute atomic E-state index is 0.0862. The first kappa shape index (κ1) is 26.1. The van der Waals surface area contributed by atoms with Gasteiger partial charge in [-0.05, 0) is 104 Å². The summed E-state index contributed by atoms with van der Waals surface area (Å²) in [6.07, 6.45) is 8.57. The number of hydrogen-bond acceptors (Lipinski definition) is 5. The van der Waals surface area contributed by atoms with E-state index in [1.54, 1.807) is 0 Å². The molecule has 1 aromatic heterocycles. The number of halogens is 1. The maximum atomic E-state index is 14.3. The fourth-order valence-corrected chi connectivity index (χ4v) is 6.36. The molecule has 1 atom stereocenters. The molecule has 7 rings (SSSR count). The van der Waals surface area contributed by atoms with Crippen LogP contribution in [0.2, 0.25) is 5.02 Å². The van der Waals surface area contributed by atoms with Crippen molar-refractivity contribution in [2.24, 2.45) is 0 Å². The van der Waals surface area contributed by atoms with E-state index < -0.39 is 0 Å². The topological polar surface area (TPSA) is 54.9 Å². The monoisotopic (exact) mass is 565 g/mol. The Morgan fingerprint density at radius 3 is 2.51 bits per heavy atom. The van der Waals surface area contributed by atoms with Crippen molar-refractivity contribution < 1.29 is 14.3 Å². The molecule has 4 heterocycles. The lowest BCUT2D eigenvalue weighted by molar-refractivity contribution is 0.0710. The fourth-order valence-electron chi connectivity index (χ4n) is 6.23. The summed E-state index contributed by atoms with van der Waals surface area (Å²) in [6, 6.07) is 22.0. The molecule has 41 heavy (non-hydrogen) atoms. The highest BCUT2D eigenvalue weighted by Crippen LogP contribution is 2.37. The summed E-state index contributed by atoms with van der Waals surface area (Å²) in [5.41, 5.74) is 5.28. The predicted octanol–water partition coefficient (Wildman–Crippen LogP) is 7.15.